The lowest BCUT2D eigenvalue weighted by molar-refractivity contribution is -0.127. The minimum atomic E-state index is -0.416. The van der Waals surface area contributed by atoms with Crippen LogP contribution in [0, 0.1) is 5.92 Å². The van der Waals surface area contributed by atoms with E-state index in [9.17, 15) is 9.59 Å². The number of carbonyl (C=O) groups is 2. The second-order valence-corrected chi connectivity index (χ2v) is 6.79. The molecule has 0 N–H and O–H groups in total. The predicted molar refractivity (Wildman–Crippen MR) is 92.8 cm³/mol. The van der Waals surface area contributed by atoms with Gasteiger partial charge in [-0.15, -0.1) is 0 Å². The topological polar surface area (TPSA) is 34.1 Å². The van der Waals surface area contributed by atoms with E-state index in [1.807, 2.05) is 54.6 Å². The van der Waals surface area contributed by atoms with E-state index in [0.717, 1.165) is 22.3 Å². The molecule has 2 aromatic rings. The molecule has 0 unspecified atom stereocenters. The van der Waals surface area contributed by atoms with Gasteiger partial charge in [-0.05, 0) is 28.3 Å². The highest BCUT2D eigenvalue weighted by molar-refractivity contribution is 6.06. The smallest absolute Gasteiger partial charge is 0.163 e. The lowest BCUT2D eigenvalue weighted by Crippen LogP contribution is -2.29. The summed E-state index contributed by atoms with van der Waals surface area (Å²) in [6.45, 7) is 0. The Morgan fingerprint density at radius 3 is 2.12 bits per heavy atom. The summed E-state index contributed by atoms with van der Waals surface area (Å²) in [6.07, 6.45) is 7.72. The van der Waals surface area contributed by atoms with Gasteiger partial charge < -0.3 is 0 Å². The lowest BCUT2D eigenvalue weighted by atomic mass is 9.74. The Labute approximate surface area is 140 Å². The summed E-state index contributed by atoms with van der Waals surface area (Å²) in [5.74, 6) is -0.875. The van der Waals surface area contributed by atoms with Crippen molar-refractivity contribution >= 4 is 17.6 Å². The van der Waals surface area contributed by atoms with Crippen molar-refractivity contribution < 1.29 is 9.59 Å². The molecule has 2 heteroatoms. The van der Waals surface area contributed by atoms with Gasteiger partial charge in [-0.25, -0.2) is 0 Å². The van der Waals surface area contributed by atoms with Crippen molar-refractivity contribution in [2.24, 2.45) is 5.92 Å². The van der Waals surface area contributed by atoms with Crippen LogP contribution >= 0.6 is 0 Å². The van der Waals surface area contributed by atoms with Crippen LogP contribution in [0.3, 0.4) is 0 Å². The molecule has 0 saturated carbocycles. The van der Waals surface area contributed by atoms with Crippen molar-refractivity contribution in [1.29, 1.82) is 0 Å². The Morgan fingerprint density at radius 1 is 0.625 bits per heavy atom. The number of fused-ring (bicyclic) bond motifs is 6. The van der Waals surface area contributed by atoms with Crippen LogP contribution in [-0.2, 0) is 9.59 Å². The quantitative estimate of drug-likeness (QED) is 0.737. The average molecular weight is 312 g/mol. The van der Waals surface area contributed by atoms with Crippen LogP contribution in [0.1, 0.15) is 40.0 Å². The first-order valence-electron chi connectivity index (χ1n) is 8.37. The van der Waals surface area contributed by atoms with Crippen molar-refractivity contribution in [1.82, 2.24) is 0 Å². The van der Waals surface area contributed by atoms with Gasteiger partial charge in [0.25, 0.3) is 0 Å². The number of hydrogen-bond donors (Lipinski definition) is 0. The fourth-order valence-electron chi connectivity index (χ4n) is 4.56. The van der Waals surface area contributed by atoms with Crippen LogP contribution in [0.4, 0.5) is 0 Å². The fourth-order valence-corrected chi connectivity index (χ4v) is 4.56. The first kappa shape index (κ1) is 13.7. The molecule has 3 aliphatic rings. The zero-order valence-corrected chi connectivity index (χ0v) is 13.1. The number of hydrogen-bond acceptors (Lipinski definition) is 2. The highest BCUT2D eigenvalue weighted by Gasteiger charge is 2.47. The maximum Gasteiger partial charge on any atom is 0.163 e. The minimum Gasteiger partial charge on any atom is -0.298 e. The second-order valence-electron chi connectivity index (χ2n) is 6.79. The Hall–Kier alpha value is -2.74. The molecule has 0 fully saturated rings. The van der Waals surface area contributed by atoms with E-state index < -0.39 is 11.8 Å². The second kappa shape index (κ2) is 4.88. The molecule has 24 heavy (non-hydrogen) atoms. The third kappa shape index (κ3) is 1.71. The van der Waals surface area contributed by atoms with Crippen molar-refractivity contribution in [2.45, 2.75) is 17.8 Å². The van der Waals surface area contributed by atoms with Crippen molar-refractivity contribution in [2.75, 3.05) is 0 Å². The number of ketones is 2. The molecule has 2 aromatic carbocycles. The van der Waals surface area contributed by atoms with Gasteiger partial charge in [-0.3, -0.25) is 9.59 Å². The third-order valence-corrected chi connectivity index (χ3v) is 5.63. The zero-order valence-electron chi connectivity index (χ0n) is 13.1. The van der Waals surface area contributed by atoms with Crippen LogP contribution in [-0.4, -0.2) is 11.6 Å². The number of carbonyl (C=O) groups excluding carboxylic acids is 2. The van der Waals surface area contributed by atoms with E-state index in [2.05, 4.69) is 12.1 Å². The summed E-state index contributed by atoms with van der Waals surface area (Å²) in [4.78, 5) is 26.3. The molecule has 0 radical (unpaired) electrons. The molecule has 0 saturated heterocycles. The van der Waals surface area contributed by atoms with E-state index in [1.54, 1.807) is 6.08 Å². The fraction of sp³-hybridized carbons (Fsp3) is 0.182. The SMILES string of the molecule is O=C1[C@@H]2C=Cc3ccccc3[C@H]1[C@H]1C(=O)C=C[C@@H]2c2ccccc21. The minimum absolute atomic E-state index is 0.0402. The van der Waals surface area contributed by atoms with Crippen molar-refractivity contribution in [3.8, 4) is 0 Å². The molecule has 0 heterocycles. The summed E-state index contributed by atoms with van der Waals surface area (Å²) in [7, 11) is 0. The van der Waals surface area contributed by atoms with Crippen LogP contribution < -0.4 is 0 Å². The van der Waals surface area contributed by atoms with Crippen LogP contribution in [0.25, 0.3) is 6.08 Å². The molecule has 3 aliphatic carbocycles. The molecule has 0 spiro atoms. The van der Waals surface area contributed by atoms with E-state index in [-0.39, 0.29) is 23.4 Å². The van der Waals surface area contributed by atoms with Gasteiger partial charge >= 0.3 is 0 Å². The largest absolute Gasteiger partial charge is 0.298 e. The molecular weight excluding hydrogens is 296 g/mol. The molecule has 4 bridgehead atoms. The number of Topliss-reactive ketones (excluding diaryl/α,β-unsaturated/α-hetero) is 1. The summed E-state index contributed by atoms with van der Waals surface area (Å²) in [5.41, 5.74) is 4.17. The van der Waals surface area contributed by atoms with Gasteiger partial charge in [-0.1, -0.05) is 66.8 Å². The number of benzene rings is 2. The molecule has 0 amide bonds. The molecule has 4 atom stereocenters. The highest BCUT2D eigenvalue weighted by atomic mass is 16.1. The number of rotatable bonds is 0. The van der Waals surface area contributed by atoms with Gasteiger partial charge in [0.1, 0.15) is 5.78 Å². The molecule has 116 valence electrons. The summed E-state index contributed by atoms with van der Waals surface area (Å²) >= 11 is 0. The summed E-state index contributed by atoms with van der Waals surface area (Å²) in [6, 6.07) is 16.0. The van der Waals surface area contributed by atoms with Crippen LogP contribution in [0.5, 0.6) is 0 Å². The Bertz CT molecular complexity index is 934. The first-order chi connectivity index (χ1) is 11.8. The first-order valence-corrected chi connectivity index (χ1v) is 8.37. The normalized spacial score (nSPS) is 29.5. The Kier molecular flexibility index (Phi) is 2.78. The Morgan fingerprint density at radius 2 is 1.29 bits per heavy atom. The van der Waals surface area contributed by atoms with E-state index in [1.165, 1.54) is 0 Å². The third-order valence-electron chi connectivity index (χ3n) is 5.63. The maximum atomic E-state index is 13.4. The Balaban J connectivity index is 1.88. The van der Waals surface area contributed by atoms with Crippen LogP contribution in [0.15, 0.2) is 66.8 Å². The van der Waals surface area contributed by atoms with Crippen LogP contribution in [0.2, 0.25) is 0 Å². The maximum absolute atomic E-state index is 13.4. The zero-order chi connectivity index (χ0) is 16.3. The van der Waals surface area contributed by atoms with Crippen molar-refractivity contribution in [3.05, 3.63) is 89.0 Å². The van der Waals surface area contributed by atoms with E-state index >= 15 is 0 Å². The van der Waals surface area contributed by atoms with Gasteiger partial charge in [0.2, 0.25) is 0 Å². The lowest BCUT2D eigenvalue weighted by Gasteiger charge is -2.26. The van der Waals surface area contributed by atoms with Crippen molar-refractivity contribution in [3.63, 3.8) is 0 Å². The summed E-state index contributed by atoms with van der Waals surface area (Å²) < 4.78 is 0. The molecule has 0 aromatic heterocycles. The highest BCUT2D eigenvalue weighted by Crippen LogP contribution is 2.50. The predicted octanol–water partition coefficient (Wildman–Crippen LogP) is 4.00. The van der Waals surface area contributed by atoms with Gasteiger partial charge in [-0.2, -0.15) is 0 Å². The molecular formula is C22H16O2. The molecule has 0 aliphatic heterocycles. The molecule has 2 nitrogen and oxygen atoms in total. The standard InChI is InChI=1S/C22H16O2/c23-19-12-11-16-15-7-3-4-8-17(15)20(19)21-14-6-2-1-5-13(14)9-10-18(16)22(21)24/h1-12,16,18,20-21H/t16-,18-,20-,21+/m1/s1. The molecule has 5 rings (SSSR count). The van der Waals surface area contributed by atoms with Gasteiger partial charge in [0.15, 0.2) is 5.78 Å². The average Bonchev–Trinajstić information content (AvgIpc) is 2.89. The summed E-state index contributed by atoms with van der Waals surface area (Å²) in [5, 5.41) is 0. The number of allylic oxidation sites excluding steroid dienone is 3. The van der Waals surface area contributed by atoms with Gasteiger partial charge in [0.05, 0.1) is 11.8 Å². The van der Waals surface area contributed by atoms with E-state index in [4.69, 9.17) is 0 Å². The van der Waals surface area contributed by atoms with E-state index in [0.29, 0.717) is 0 Å². The van der Waals surface area contributed by atoms with Gasteiger partial charge in [0, 0.05) is 11.8 Å². The monoisotopic (exact) mass is 312 g/mol.